The highest BCUT2D eigenvalue weighted by Gasteiger charge is 2.60. The number of aromatic nitrogens is 1. The van der Waals surface area contributed by atoms with Gasteiger partial charge in [-0.15, -0.1) is 0 Å². The molecule has 110 valence electrons. The van der Waals surface area contributed by atoms with E-state index in [0.717, 1.165) is 23.8 Å². The zero-order valence-corrected chi connectivity index (χ0v) is 12.6. The SMILES string of the molecule is CC12CC3CC(C)(C1)CC(Cc1ocnc1CO)(C3)C2. The summed E-state index contributed by atoms with van der Waals surface area (Å²) in [6.07, 6.45) is 10.7. The Balaban J connectivity index is 1.67. The Kier molecular flexibility index (Phi) is 2.50. The third-order valence-electron chi connectivity index (χ3n) is 6.15. The van der Waals surface area contributed by atoms with Crippen molar-refractivity contribution in [2.45, 2.75) is 65.4 Å². The van der Waals surface area contributed by atoms with E-state index >= 15 is 0 Å². The summed E-state index contributed by atoms with van der Waals surface area (Å²) in [6.45, 7) is 5.00. The number of nitrogens with zero attached hydrogens (tertiary/aromatic N) is 1. The molecule has 0 aliphatic heterocycles. The van der Waals surface area contributed by atoms with E-state index in [-0.39, 0.29) is 6.61 Å². The Labute approximate surface area is 120 Å². The molecule has 1 aromatic rings. The van der Waals surface area contributed by atoms with Gasteiger partial charge >= 0.3 is 0 Å². The van der Waals surface area contributed by atoms with Crippen molar-refractivity contribution < 1.29 is 9.52 Å². The molecule has 0 saturated heterocycles. The standard InChI is InChI=1S/C17H25NO2/c1-15-3-12-4-16(2,8-15)10-17(5-12,9-15)6-14-13(7-19)18-11-20-14/h11-12,19H,3-10H2,1-2H3. The quantitative estimate of drug-likeness (QED) is 0.914. The number of rotatable bonds is 3. The molecular formula is C17H25NO2. The average molecular weight is 275 g/mol. The van der Waals surface area contributed by atoms with Crippen LogP contribution in [0.25, 0.3) is 0 Å². The van der Waals surface area contributed by atoms with Gasteiger partial charge in [-0.2, -0.15) is 0 Å². The minimum Gasteiger partial charge on any atom is -0.448 e. The summed E-state index contributed by atoms with van der Waals surface area (Å²) < 4.78 is 5.59. The molecule has 3 nitrogen and oxygen atoms in total. The number of aliphatic hydroxyl groups excluding tert-OH is 1. The fraction of sp³-hybridized carbons (Fsp3) is 0.824. The predicted molar refractivity (Wildman–Crippen MR) is 76.0 cm³/mol. The van der Waals surface area contributed by atoms with Crippen molar-refractivity contribution >= 4 is 0 Å². The Morgan fingerprint density at radius 2 is 1.90 bits per heavy atom. The van der Waals surface area contributed by atoms with E-state index in [1.54, 1.807) is 0 Å². The van der Waals surface area contributed by atoms with Gasteiger partial charge in [0.25, 0.3) is 0 Å². The van der Waals surface area contributed by atoms with Crippen LogP contribution in [0.4, 0.5) is 0 Å². The van der Waals surface area contributed by atoms with Gasteiger partial charge in [0.15, 0.2) is 6.39 Å². The normalized spacial score (nSPS) is 46.0. The smallest absolute Gasteiger partial charge is 0.181 e. The average Bonchev–Trinajstić information content (AvgIpc) is 2.70. The fourth-order valence-corrected chi connectivity index (χ4v) is 6.79. The molecule has 1 aromatic heterocycles. The van der Waals surface area contributed by atoms with Crippen LogP contribution in [-0.2, 0) is 13.0 Å². The van der Waals surface area contributed by atoms with Gasteiger partial charge in [-0.05, 0) is 60.7 Å². The molecule has 5 rings (SSSR count). The molecule has 0 radical (unpaired) electrons. The van der Waals surface area contributed by atoms with Gasteiger partial charge in [-0.25, -0.2) is 4.98 Å². The van der Waals surface area contributed by atoms with Gasteiger partial charge in [0.05, 0.1) is 6.61 Å². The van der Waals surface area contributed by atoms with Gasteiger partial charge in [0.2, 0.25) is 0 Å². The van der Waals surface area contributed by atoms with E-state index in [4.69, 9.17) is 4.42 Å². The van der Waals surface area contributed by atoms with Crippen molar-refractivity contribution in [2.24, 2.45) is 22.2 Å². The zero-order valence-electron chi connectivity index (χ0n) is 12.6. The molecular weight excluding hydrogens is 250 g/mol. The van der Waals surface area contributed by atoms with E-state index in [1.807, 2.05) is 0 Å². The Morgan fingerprint density at radius 1 is 1.20 bits per heavy atom. The third-order valence-corrected chi connectivity index (χ3v) is 6.15. The van der Waals surface area contributed by atoms with E-state index < -0.39 is 0 Å². The van der Waals surface area contributed by atoms with Crippen LogP contribution in [0.1, 0.15) is 63.8 Å². The molecule has 4 aliphatic rings. The minimum absolute atomic E-state index is 0.000121. The molecule has 0 aromatic carbocycles. The summed E-state index contributed by atoms with van der Waals surface area (Å²) in [5.41, 5.74) is 2.21. The van der Waals surface area contributed by atoms with Crippen LogP contribution in [0.15, 0.2) is 10.8 Å². The lowest BCUT2D eigenvalue weighted by molar-refractivity contribution is -0.145. The number of hydrogen-bond acceptors (Lipinski definition) is 3. The summed E-state index contributed by atoms with van der Waals surface area (Å²) in [5, 5.41) is 9.40. The van der Waals surface area contributed by atoms with E-state index in [9.17, 15) is 5.11 Å². The molecule has 2 unspecified atom stereocenters. The van der Waals surface area contributed by atoms with Gasteiger partial charge in [0, 0.05) is 6.42 Å². The van der Waals surface area contributed by atoms with Crippen LogP contribution in [0.3, 0.4) is 0 Å². The van der Waals surface area contributed by atoms with Crippen LogP contribution >= 0.6 is 0 Å². The fourth-order valence-electron chi connectivity index (χ4n) is 6.79. The summed E-state index contributed by atoms with van der Waals surface area (Å²) >= 11 is 0. The first-order chi connectivity index (χ1) is 9.43. The molecule has 1 N–H and O–H groups in total. The predicted octanol–water partition coefficient (Wildman–Crippen LogP) is 3.71. The highest BCUT2D eigenvalue weighted by Crippen LogP contribution is 2.70. The summed E-state index contributed by atoms with van der Waals surface area (Å²) in [4.78, 5) is 4.15. The Hall–Kier alpha value is -0.830. The molecule has 4 bridgehead atoms. The second kappa shape index (κ2) is 3.88. The first-order valence-electron chi connectivity index (χ1n) is 7.96. The lowest BCUT2D eigenvalue weighted by Gasteiger charge is -2.65. The van der Waals surface area contributed by atoms with Crippen molar-refractivity contribution in [3.8, 4) is 0 Å². The van der Waals surface area contributed by atoms with Crippen molar-refractivity contribution in [1.82, 2.24) is 4.98 Å². The van der Waals surface area contributed by atoms with Crippen LogP contribution in [0.2, 0.25) is 0 Å². The Bertz CT molecular complexity index is 517. The molecule has 0 amide bonds. The first-order valence-corrected chi connectivity index (χ1v) is 7.96. The molecule has 4 aliphatic carbocycles. The molecule has 0 spiro atoms. The molecule has 20 heavy (non-hydrogen) atoms. The van der Waals surface area contributed by atoms with Crippen LogP contribution in [0, 0.1) is 22.2 Å². The van der Waals surface area contributed by atoms with Crippen LogP contribution in [0.5, 0.6) is 0 Å². The molecule has 2 atom stereocenters. The lowest BCUT2D eigenvalue weighted by atomic mass is 9.40. The van der Waals surface area contributed by atoms with E-state index in [1.165, 1.54) is 44.9 Å². The van der Waals surface area contributed by atoms with Gasteiger partial charge < -0.3 is 9.52 Å². The maximum atomic E-state index is 9.40. The van der Waals surface area contributed by atoms with Gasteiger partial charge in [-0.1, -0.05) is 13.8 Å². The molecule has 1 heterocycles. The maximum Gasteiger partial charge on any atom is 0.181 e. The third kappa shape index (κ3) is 1.86. The van der Waals surface area contributed by atoms with E-state index in [2.05, 4.69) is 18.8 Å². The Morgan fingerprint density at radius 3 is 2.50 bits per heavy atom. The monoisotopic (exact) mass is 275 g/mol. The highest BCUT2D eigenvalue weighted by molar-refractivity contribution is 5.16. The second-order valence-corrected chi connectivity index (χ2v) is 8.69. The summed E-state index contributed by atoms with van der Waals surface area (Å²) in [6, 6.07) is 0. The van der Waals surface area contributed by atoms with Crippen molar-refractivity contribution in [3.05, 3.63) is 17.8 Å². The second-order valence-electron chi connectivity index (χ2n) is 8.69. The number of aliphatic hydroxyl groups is 1. The van der Waals surface area contributed by atoms with Gasteiger partial charge in [-0.3, -0.25) is 0 Å². The van der Waals surface area contributed by atoms with Crippen molar-refractivity contribution in [2.75, 3.05) is 0 Å². The van der Waals surface area contributed by atoms with Crippen LogP contribution < -0.4 is 0 Å². The highest BCUT2D eigenvalue weighted by atomic mass is 16.3. The zero-order chi connectivity index (χ0) is 14.0. The number of oxazole rings is 1. The summed E-state index contributed by atoms with van der Waals surface area (Å²) in [7, 11) is 0. The largest absolute Gasteiger partial charge is 0.448 e. The molecule has 4 fully saturated rings. The maximum absolute atomic E-state index is 9.40. The molecule has 3 heteroatoms. The topological polar surface area (TPSA) is 46.3 Å². The van der Waals surface area contributed by atoms with Crippen LogP contribution in [-0.4, -0.2) is 10.1 Å². The molecule has 4 saturated carbocycles. The minimum atomic E-state index is -0.000121. The van der Waals surface area contributed by atoms with Crippen molar-refractivity contribution in [1.29, 1.82) is 0 Å². The van der Waals surface area contributed by atoms with Gasteiger partial charge in [0.1, 0.15) is 11.5 Å². The lowest BCUT2D eigenvalue weighted by Crippen LogP contribution is -2.55. The van der Waals surface area contributed by atoms with E-state index in [0.29, 0.717) is 16.2 Å². The number of hydrogen-bond donors (Lipinski definition) is 1. The summed E-state index contributed by atoms with van der Waals surface area (Å²) in [5.74, 6) is 1.84. The first kappa shape index (κ1) is 12.9. The van der Waals surface area contributed by atoms with Crippen molar-refractivity contribution in [3.63, 3.8) is 0 Å².